The third kappa shape index (κ3) is 2.82. The van der Waals surface area contributed by atoms with E-state index in [1.165, 1.54) is 4.90 Å². The molecule has 1 amide bonds. The number of nitrogens with zero attached hydrogens (tertiary/aromatic N) is 1. The minimum atomic E-state index is -0.990. The SMILES string of the molecule is CCc1cc(C(=O)N2Cc3ccccc3CC2C(=O)O)oc1CC. The first-order valence-corrected chi connectivity index (χ1v) is 8.27. The third-order valence-electron chi connectivity index (χ3n) is 4.60. The van der Waals surface area contributed by atoms with Crippen LogP contribution in [0, 0.1) is 0 Å². The predicted octanol–water partition coefficient (Wildman–Crippen LogP) is 3.06. The zero-order valence-corrected chi connectivity index (χ0v) is 13.9. The standard InChI is InChI=1S/C19H21NO4/c1-3-12-10-17(24-16(12)4-2)18(21)20-11-14-8-6-5-7-13(14)9-15(20)19(22)23/h5-8,10,15H,3-4,9,11H2,1-2H3,(H,22,23). The van der Waals surface area contributed by atoms with Gasteiger partial charge in [0.2, 0.25) is 0 Å². The van der Waals surface area contributed by atoms with Crippen molar-refractivity contribution in [3.8, 4) is 0 Å². The van der Waals surface area contributed by atoms with Crippen LogP contribution in [0.2, 0.25) is 0 Å². The summed E-state index contributed by atoms with van der Waals surface area (Å²) in [6.45, 7) is 4.27. The van der Waals surface area contributed by atoms with E-state index < -0.39 is 12.0 Å². The van der Waals surface area contributed by atoms with Gasteiger partial charge in [0.1, 0.15) is 11.8 Å². The number of aliphatic carboxylic acids is 1. The number of carbonyl (C=O) groups is 2. The summed E-state index contributed by atoms with van der Waals surface area (Å²) in [6.07, 6.45) is 1.81. The molecule has 5 nitrogen and oxygen atoms in total. The van der Waals surface area contributed by atoms with Crippen molar-refractivity contribution in [2.75, 3.05) is 0 Å². The summed E-state index contributed by atoms with van der Waals surface area (Å²) in [5.74, 6) is -0.318. The molecule has 0 saturated heterocycles. The zero-order valence-electron chi connectivity index (χ0n) is 13.9. The van der Waals surface area contributed by atoms with Crippen molar-refractivity contribution < 1.29 is 19.1 Å². The van der Waals surface area contributed by atoms with Crippen LogP contribution in [-0.2, 0) is 30.6 Å². The number of furan rings is 1. The highest BCUT2D eigenvalue weighted by Crippen LogP contribution is 2.27. The number of benzene rings is 1. The molecule has 2 aromatic rings. The first kappa shape index (κ1) is 16.3. The van der Waals surface area contributed by atoms with Crippen LogP contribution in [-0.4, -0.2) is 27.9 Å². The van der Waals surface area contributed by atoms with Crippen LogP contribution in [0.1, 0.15) is 46.9 Å². The van der Waals surface area contributed by atoms with Crippen LogP contribution < -0.4 is 0 Å². The Kier molecular flexibility index (Phi) is 4.42. The van der Waals surface area contributed by atoms with E-state index in [9.17, 15) is 14.7 Å². The molecule has 126 valence electrons. The minimum absolute atomic E-state index is 0.231. The highest BCUT2D eigenvalue weighted by atomic mass is 16.4. The van der Waals surface area contributed by atoms with Crippen LogP contribution in [0.4, 0.5) is 0 Å². The first-order valence-electron chi connectivity index (χ1n) is 8.27. The molecular weight excluding hydrogens is 306 g/mol. The maximum Gasteiger partial charge on any atom is 0.326 e. The van der Waals surface area contributed by atoms with Gasteiger partial charge in [-0.05, 0) is 29.2 Å². The molecule has 1 atom stereocenters. The molecule has 1 N–H and O–H groups in total. The molecule has 3 rings (SSSR count). The van der Waals surface area contributed by atoms with E-state index in [1.54, 1.807) is 6.07 Å². The second-order valence-electron chi connectivity index (χ2n) is 6.03. The zero-order chi connectivity index (χ0) is 17.3. The van der Waals surface area contributed by atoms with E-state index in [1.807, 2.05) is 38.1 Å². The lowest BCUT2D eigenvalue weighted by atomic mass is 9.93. The van der Waals surface area contributed by atoms with E-state index in [0.717, 1.165) is 28.9 Å². The molecule has 2 heterocycles. The molecule has 5 heteroatoms. The second-order valence-corrected chi connectivity index (χ2v) is 6.03. The number of carboxylic acid groups (broad SMARTS) is 1. The summed E-state index contributed by atoms with van der Waals surface area (Å²) in [4.78, 5) is 26.0. The fourth-order valence-corrected chi connectivity index (χ4v) is 3.27. The fraction of sp³-hybridized carbons (Fsp3) is 0.368. The van der Waals surface area contributed by atoms with E-state index in [4.69, 9.17) is 4.42 Å². The number of hydrogen-bond donors (Lipinski definition) is 1. The highest BCUT2D eigenvalue weighted by Gasteiger charge is 2.36. The van der Waals surface area contributed by atoms with Gasteiger partial charge in [0.05, 0.1) is 0 Å². The molecule has 1 aliphatic heterocycles. The second kappa shape index (κ2) is 6.51. The number of amides is 1. The summed E-state index contributed by atoms with van der Waals surface area (Å²) < 4.78 is 5.70. The molecule has 1 aliphatic rings. The Morgan fingerprint density at radius 2 is 1.92 bits per heavy atom. The van der Waals surface area contributed by atoms with Gasteiger partial charge in [0, 0.05) is 19.4 Å². The van der Waals surface area contributed by atoms with Crippen LogP contribution in [0.3, 0.4) is 0 Å². The number of carboxylic acids is 1. The number of hydrogen-bond acceptors (Lipinski definition) is 3. The van der Waals surface area contributed by atoms with Gasteiger partial charge < -0.3 is 14.4 Å². The van der Waals surface area contributed by atoms with Gasteiger partial charge in [-0.1, -0.05) is 38.1 Å². The molecule has 1 aromatic heterocycles. The molecule has 1 aromatic carbocycles. The summed E-state index contributed by atoms with van der Waals surface area (Å²) in [5.41, 5.74) is 2.98. The van der Waals surface area contributed by atoms with Gasteiger partial charge >= 0.3 is 5.97 Å². The fourth-order valence-electron chi connectivity index (χ4n) is 3.27. The van der Waals surface area contributed by atoms with Crippen LogP contribution in [0.25, 0.3) is 0 Å². The van der Waals surface area contributed by atoms with Crippen molar-refractivity contribution >= 4 is 11.9 Å². The number of aryl methyl sites for hydroxylation is 2. The largest absolute Gasteiger partial charge is 0.480 e. The average molecular weight is 327 g/mol. The Morgan fingerprint density at radius 3 is 2.50 bits per heavy atom. The van der Waals surface area contributed by atoms with E-state index in [-0.39, 0.29) is 18.2 Å². The maximum atomic E-state index is 12.9. The summed E-state index contributed by atoms with van der Waals surface area (Å²) in [5, 5.41) is 9.56. The van der Waals surface area contributed by atoms with Crippen molar-refractivity contribution in [3.05, 3.63) is 58.5 Å². The van der Waals surface area contributed by atoms with Gasteiger partial charge in [0.25, 0.3) is 5.91 Å². The number of rotatable bonds is 4. The van der Waals surface area contributed by atoms with Crippen molar-refractivity contribution in [2.24, 2.45) is 0 Å². The average Bonchev–Trinajstić information content (AvgIpc) is 3.03. The van der Waals surface area contributed by atoms with Gasteiger partial charge in [-0.3, -0.25) is 4.79 Å². The number of fused-ring (bicyclic) bond motifs is 1. The molecule has 0 spiro atoms. The van der Waals surface area contributed by atoms with Crippen LogP contribution >= 0.6 is 0 Å². The monoisotopic (exact) mass is 327 g/mol. The predicted molar refractivity (Wildman–Crippen MR) is 88.9 cm³/mol. The van der Waals surface area contributed by atoms with E-state index >= 15 is 0 Å². The number of carbonyl (C=O) groups excluding carboxylic acids is 1. The lowest BCUT2D eigenvalue weighted by molar-refractivity contribution is -0.142. The van der Waals surface area contributed by atoms with Crippen molar-refractivity contribution in [1.29, 1.82) is 0 Å². The van der Waals surface area contributed by atoms with Crippen LogP contribution in [0.15, 0.2) is 34.7 Å². The Hall–Kier alpha value is -2.56. The minimum Gasteiger partial charge on any atom is -0.480 e. The molecule has 1 unspecified atom stereocenters. The Bertz CT molecular complexity index is 756. The van der Waals surface area contributed by atoms with E-state index in [2.05, 4.69) is 0 Å². The molecule has 0 bridgehead atoms. The molecule has 24 heavy (non-hydrogen) atoms. The quantitative estimate of drug-likeness (QED) is 0.937. The molecule has 0 saturated carbocycles. The molecular formula is C19H21NO4. The van der Waals surface area contributed by atoms with Gasteiger partial charge in [-0.25, -0.2) is 4.79 Å². The first-order chi connectivity index (χ1) is 11.5. The van der Waals surface area contributed by atoms with E-state index in [0.29, 0.717) is 12.8 Å². The molecule has 0 aliphatic carbocycles. The lowest BCUT2D eigenvalue weighted by Gasteiger charge is -2.33. The smallest absolute Gasteiger partial charge is 0.326 e. The van der Waals surface area contributed by atoms with Gasteiger partial charge in [0.15, 0.2) is 5.76 Å². The Balaban J connectivity index is 1.95. The summed E-state index contributed by atoms with van der Waals surface area (Å²) in [7, 11) is 0. The topological polar surface area (TPSA) is 70.8 Å². The molecule has 0 radical (unpaired) electrons. The Labute approximate surface area is 140 Å². The van der Waals surface area contributed by atoms with Crippen molar-refractivity contribution in [2.45, 2.75) is 45.7 Å². The third-order valence-corrected chi connectivity index (χ3v) is 4.60. The lowest BCUT2D eigenvalue weighted by Crippen LogP contribution is -2.48. The van der Waals surface area contributed by atoms with Crippen LogP contribution in [0.5, 0.6) is 0 Å². The Morgan fingerprint density at radius 1 is 1.21 bits per heavy atom. The summed E-state index contributed by atoms with van der Waals surface area (Å²) in [6, 6.07) is 8.53. The van der Waals surface area contributed by atoms with Crippen molar-refractivity contribution in [1.82, 2.24) is 4.90 Å². The summed E-state index contributed by atoms with van der Waals surface area (Å²) >= 11 is 0. The highest BCUT2D eigenvalue weighted by molar-refractivity contribution is 5.95. The van der Waals surface area contributed by atoms with Gasteiger partial charge in [-0.2, -0.15) is 0 Å². The van der Waals surface area contributed by atoms with Gasteiger partial charge in [-0.15, -0.1) is 0 Å². The maximum absolute atomic E-state index is 12.9. The van der Waals surface area contributed by atoms with Crippen molar-refractivity contribution in [3.63, 3.8) is 0 Å². The normalized spacial score (nSPS) is 16.8. The molecule has 0 fully saturated rings.